The number of anilines is 1. The fourth-order valence-electron chi connectivity index (χ4n) is 2.59. The van der Waals surface area contributed by atoms with Crippen LogP contribution in [0.25, 0.3) is 5.69 Å². The predicted molar refractivity (Wildman–Crippen MR) is 103 cm³/mol. The number of tetrazole rings is 1. The summed E-state index contributed by atoms with van der Waals surface area (Å²) >= 11 is 6.09. The van der Waals surface area contributed by atoms with E-state index in [1.807, 2.05) is 0 Å². The second-order valence-electron chi connectivity index (χ2n) is 5.88. The van der Waals surface area contributed by atoms with E-state index in [-0.39, 0.29) is 19.5 Å². The van der Waals surface area contributed by atoms with Gasteiger partial charge in [0, 0.05) is 18.7 Å². The number of primary amides is 1. The highest BCUT2D eigenvalue weighted by atomic mass is 35.5. The monoisotopic (exact) mass is 400 g/mol. The minimum atomic E-state index is -0.607. The first kappa shape index (κ1) is 19.3. The van der Waals surface area contributed by atoms with E-state index in [0.717, 1.165) is 9.36 Å². The van der Waals surface area contributed by atoms with Crippen LogP contribution in [0.2, 0.25) is 5.02 Å². The molecule has 3 aromatic rings. The number of carbonyl (C=O) groups excluding carboxylic acids is 2. The van der Waals surface area contributed by atoms with Gasteiger partial charge in [0.1, 0.15) is 6.54 Å². The molecule has 0 spiro atoms. The van der Waals surface area contributed by atoms with Gasteiger partial charge in [-0.2, -0.15) is 9.36 Å². The van der Waals surface area contributed by atoms with Crippen LogP contribution in [0.3, 0.4) is 0 Å². The molecule has 0 unspecified atom stereocenters. The summed E-state index contributed by atoms with van der Waals surface area (Å²) in [6.07, 6.45) is -0.0121. The topological polar surface area (TPSA) is 116 Å². The van der Waals surface area contributed by atoms with Crippen molar-refractivity contribution in [3.63, 3.8) is 0 Å². The second-order valence-corrected chi connectivity index (χ2v) is 6.29. The third-order valence-corrected chi connectivity index (χ3v) is 4.28. The number of hydrogen-bond donors (Lipinski definition) is 1. The molecule has 0 fully saturated rings. The van der Waals surface area contributed by atoms with Gasteiger partial charge in [-0.15, -0.1) is 0 Å². The lowest BCUT2D eigenvalue weighted by Crippen LogP contribution is -2.39. The van der Waals surface area contributed by atoms with Gasteiger partial charge in [0.15, 0.2) is 0 Å². The van der Waals surface area contributed by atoms with Crippen molar-refractivity contribution in [2.24, 2.45) is 5.73 Å². The Morgan fingerprint density at radius 1 is 1.04 bits per heavy atom. The van der Waals surface area contributed by atoms with Crippen LogP contribution < -0.4 is 16.3 Å². The highest BCUT2D eigenvalue weighted by Crippen LogP contribution is 2.17. The van der Waals surface area contributed by atoms with Crippen molar-refractivity contribution >= 4 is 29.1 Å². The molecule has 144 valence electrons. The van der Waals surface area contributed by atoms with Crippen molar-refractivity contribution in [3.8, 4) is 5.69 Å². The Bertz CT molecular complexity index is 1050. The molecule has 28 heavy (non-hydrogen) atoms. The summed E-state index contributed by atoms with van der Waals surface area (Å²) in [5.74, 6) is -0.962. The van der Waals surface area contributed by atoms with E-state index >= 15 is 0 Å². The van der Waals surface area contributed by atoms with Gasteiger partial charge in [-0.05, 0) is 34.7 Å². The van der Waals surface area contributed by atoms with Crippen LogP contribution in [0.15, 0.2) is 59.4 Å². The zero-order valence-electron chi connectivity index (χ0n) is 14.7. The fraction of sp³-hybridized carbons (Fsp3) is 0.167. The summed E-state index contributed by atoms with van der Waals surface area (Å²) in [6.45, 7) is -0.261. The van der Waals surface area contributed by atoms with Gasteiger partial charge in [-0.3, -0.25) is 9.59 Å². The SMILES string of the molecule is NC(=O)CCN(C(=O)Cn1nnn(-c2ccccc2Cl)c1=O)c1ccccc1. The molecular weight excluding hydrogens is 384 g/mol. The first-order chi connectivity index (χ1) is 13.5. The molecular formula is C18H17ClN6O3. The maximum absolute atomic E-state index is 12.8. The molecule has 0 radical (unpaired) electrons. The summed E-state index contributed by atoms with van der Waals surface area (Å²) in [5.41, 5.74) is 5.55. The average Bonchev–Trinajstić information content (AvgIpc) is 3.03. The second kappa shape index (κ2) is 8.49. The summed E-state index contributed by atoms with van der Waals surface area (Å²) in [4.78, 5) is 37.9. The Kier molecular flexibility index (Phi) is 5.85. The number of aromatic nitrogens is 4. The average molecular weight is 401 g/mol. The molecule has 9 nitrogen and oxygen atoms in total. The predicted octanol–water partition coefficient (Wildman–Crippen LogP) is 0.991. The molecule has 1 aromatic heterocycles. The quantitative estimate of drug-likeness (QED) is 0.634. The van der Waals surface area contributed by atoms with E-state index in [1.54, 1.807) is 54.6 Å². The molecule has 2 aromatic carbocycles. The third kappa shape index (κ3) is 4.26. The largest absolute Gasteiger partial charge is 0.370 e. The Morgan fingerprint density at radius 3 is 2.39 bits per heavy atom. The Morgan fingerprint density at radius 2 is 1.71 bits per heavy atom. The Balaban J connectivity index is 1.85. The zero-order valence-corrected chi connectivity index (χ0v) is 15.5. The van der Waals surface area contributed by atoms with Gasteiger partial charge in [0.05, 0.1) is 10.7 Å². The lowest BCUT2D eigenvalue weighted by atomic mass is 10.2. The van der Waals surface area contributed by atoms with Gasteiger partial charge in [-0.25, -0.2) is 4.79 Å². The van der Waals surface area contributed by atoms with Gasteiger partial charge in [-0.1, -0.05) is 41.9 Å². The van der Waals surface area contributed by atoms with E-state index in [1.165, 1.54) is 4.90 Å². The molecule has 0 aliphatic rings. The summed E-state index contributed by atoms with van der Waals surface area (Å²) in [6, 6.07) is 15.5. The number of amides is 2. The van der Waals surface area contributed by atoms with E-state index in [4.69, 9.17) is 17.3 Å². The van der Waals surface area contributed by atoms with Crippen LogP contribution in [0.4, 0.5) is 5.69 Å². The van der Waals surface area contributed by atoms with Gasteiger partial charge >= 0.3 is 5.69 Å². The number of rotatable bonds is 7. The summed E-state index contributed by atoms with van der Waals surface area (Å²) < 4.78 is 1.96. The zero-order chi connectivity index (χ0) is 20.1. The van der Waals surface area contributed by atoms with Crippen LogP contribution in [-0.2, 0) is 16.1 Å². The third-order valence-electron chi connectivity index (χ3n) is 3.96. The van der Waals surface area contributed by atoms with E-state index < -0.39 is 17.5 Å². The molecule has 0 aliphatic heterocycles. The number of benzene rings is 2. The maximum atomic E-state index is 12.8. The lowest BCUT2D eigenvalue weighted by Gasteiger charge is -2.22. The highest BCUT2D eigenvalue weighted by Gasteiger charge is 2.20. The first-order valence-electron chi connectivity index (χ1n) is 8.39. The van der Waals surface area contributed by atoms with Crippen LogP contribution in [0.5, 0.6) is 0 Å². The molecule has 2 N–H and O–H groups in total. The molecule has 2 amide bonds. The van der Waals surface area contributed by atoms with E-state index in [0.29, 0.717) is 16.4 Å². The summed E-state index contributed by atoms with van der Waals surface area (Å²) in [5, 5.41) is 7.89. The van der Waals surface area contributed by atoms with Gasteiger partial charge in [0.2, 0.25) is 11.8 Å². The van der Waals surface area contributed by atoms with Gasteiger partial charge < -0.3 is 10.6 Å². The molecule has 0 bridgehead atoms. The number of para-hydroxylation sites is 2. The van der Waals surface area contributed by atoms with E-state index in [2.05, 4.69) is 10.4 Å². The van der Waals surface area contributed by atoms with Crippen molar-refractivity contribution in [2.45, 2.75) is 13.0 Å². The van der Waals surface area contributed by atoms with Crippen molar-refractivity contribution in [2.75, 3.05) is 11.4 Å². The minimum Gasteiger partial charge on any atom is -0.370 e. The van der Waals surface area contributed by atoms with Crippen LogP contribution in [-0.4, -0.2) is 38.1 Å². The molecule has 0 saturated heterocycles. The van der Waals surface area contributed by atoms with Crippen molar-refractivity contribution in [3.05, 3.63) is 70.1 Å². The van der Waals surface area contributed by atoms with E-state index in [9.17, 15) is 14.4 Å². The number of halogens is 1. The Hall–Kier alpha value is -3.46. The molecule has 3 rings (SSSR count). The van der Waals surface area contributed by atoms with Crippen molar-refractivity contribution in [1.29, 1.82) is 0 Å². The molecule has 1 heterocycles. The number of hydrogen-bond acceptors (Lipinski definition) is 5. The highest BCUT2D eigenvalue weighted by molar-refractivity contribution is 6.32. The van der Waals surface area contributed by atoms with Crippen molar-refractivity contribution < 1.29 is 9.59 Å². The van der Waals surface area contributed by atoms with Crippen LogP contribution in [0, 0.1) is 0 Å². The first-order valence-corrected chi connectivity index (χ1v) is 8.76. The molecule has 0 aliphatic carbocycles. The number of nitrogens with two attached hydrogens (primary N) is 1. The molecule has 0 atom stereocenters. The minimum absolute atomic E-state index is 0.0121. The smallest absolute Gasteiger partial charge is 0.369 e. The number of nitrogens with zero attached hydrogens (tertiary/aromatic N) is 5. The van der Waals surface area contributed by atoms with Crippen LogP contribution >= 0.6 is 11.6 Å². The fourth-order valence-corrected chi connectivity index (χ4v) is 2.81. The summed E-state index contributed by atoms with van der Waals surface area (Å²) in [7, 11) is 0. The standard InChI is InChI=1S/C18H17ClN6O3/c19-14-8-4-5-9-15(14)25-18(28)24(21-22-25)12-17(27)23(11-10-16(20)26)13-6-2-1-3-7-13/h1-9H,10-12H2,(H2,20,26). The molecule has 0 saturated carbocycles. The number of carbonyl (C=O) groups is 2. The Labute approximate surface area is 164 Å². The van der Waals surface area contributed by atoms with Gasteiger partial charge in [0.25, 0.3) is 0 Å². The van der Waals surface area contributed by atoms with Crippen LogP contribution in [0.1, 0.15) is 6.42 Å². The molecule has 10 heteroatoms. The van der Waals surface area contributed by atoms with Crippen molar-refractivity contribution in [1.82, 2.24) is 19.8 Å². The maximum Gasteiger partial charge on any atom is 0.369 e. The normalized spacial score (nSPS) is 10.6. The lowest BCUT2D eigenvalue weighted by molar-refractivity contribution is -0.119.